The SMILES string of the molecule is N#CC(=C=[N-])n1cc2c3ccccc3cc[n+]2n1. The molecule has 0 saturated carbocycles. The van der Waals surface area contributed by atoms with Crippen LogP contribution in [0.3, 0.4) is 0 Å². The molecule has 0 fully saturated rings. The van der Waals surface area contributed by atoms with E-state index in [0.717, 1.165) is 16.3 Å². The molecule has 0 unspecified atom stereocenters. The van der Waals surface area contributed by atoms with E-state index in [1.807, 2.05) is 42.3 Å². The van der Waals surface area contributed by atoms with Gasteiger partial charge in [0.25, 0.3) is 5.70 Å². The first-order valence-corrected chi connectivity index (χ1v) is 5.30. The van der Waals surface area contributed by atoms with Crippen molar-refractivity contribution in [3.05, 3.63) is 48.1 Å². The molecule has 0 spiro atoms. The van der Waals surface area contributed by atoms with Crippen LogP contribution in [-0.2, 0) is 0 Å². The largest absolute Gasteiger partial charge is 0.759 e. The first-order chi connectivity index (χ1) is 8.83. The predicted octanol–water partition coefficient (Wildman–Crippen LogP) is 1.38. The Balaban J connectivity index is 2.40. The summed E-state index contributed by atoms with van der Waals surface area (Å²) in [6.07, 6.45) is 3.49. The highest BCUT2D eigenvalue weighted by Gasteiger charge is 2.14. The second kappa shape index (κ2) is 3.81. The number of allylic oxidation sites excluding steroid dienone is 1. The first kappa shape index (κ1) is 10.2. The van der Waals surface area contributed by atoms with Gasteiger partial charge in [-0.15, -0.1) is 4.52 Å². The van der Waals surface area contributed by atoms with Crippen molar-refractivity contribution in [3.8, 4) is 6.07 Å². The molecule has 0 amide bonds. The van der Waals surface area contributed by atoms with E-state index in [1.165, 1.54) is 4.68 Å². The average Bonchev–Trinajstić information content (AvgIpc) is 2.84. The van der Waals surface area contributed by atoms with Crippen LogP contribution in [0.1, 0.15) is 0 Å². The minimum absolute atomic E-state index is 0.0530. The van der Waals surface area contributed by atoms with Gasteiger partial charge in [0.05, 0.1) is 0 Å². The van der Waals surface area contributed by atoms with E-state index in [2.05, 4.69) is 5.21 Å². The molecule has 3 rings (SSSR count). The van der Waals surface area contributed by atoms with E-state index in [0.29, 0.717) is 0 Å². The number of aromatic nitrogens is 3. The van der Waals surface area contributed by atoms with E-state index >= 15 is 0 Å². The maximum Gasteiger partial charge on any atom is 0.252 e. The maximum atomic E-state index is 8.84. The van der Waals surface area contributed by atoms with Crippen molar-refractivity contribution in [2.45, 2.75) is 0 Å². The number of hydrogen-bond donors (Lipinski definition) is 0. The molecule has 0 radical (unpaired) electrons. The van der Waals surface area contributed by atoms with Crippen LogP contribution in [0.25, 0.3) is 27.4 Å². The van der Waals surface area contributed by atoms with Gasteiger partial charge in [0.2, 0.25) is 5.52 Å². The predicted molar refractivity (Wildman–Crippen MR) is 66.6 cm³/mol. The van der Waals surface area contributed by atoms with Crippen LogP contribution in [0.2, 0.25) is 0 Å². The van der Waals surface area contributed by atoms with E-state index in [-0.39, 0.29) is 5.70 Å². The molecule has 0 atom stereocenters. The Bertz CT molecular complexity index is 847. The molecular weight excluding hydrogens is 226 g/mol. The van der Waals surface area contributed by atoms with Gasteiger partial charge in [-0.25, -0.2) is 5.87 Å². The number of nitrogens with zero attached hydrogens (tertiary/aromatic N) is 5. The third-order valence-corrected chi connectivity index (χ3v) is 2.76. The smallest absolute Gasteiger partial charge is 0.252 e. The van der Waals surface area contributed by atoms with Crippen molar-refractivity contribution in [2.75, 3.05) is 0 Å². The molecule has 1 aromatic carbocycles. The van der Waals surface area contributed by atoms with Crippen LogP contribution >= 0.6 is 0 Å². The van der Waals surface area contributed by atoms with Gasteiger partial charge in [0.1, 0.15) is 11.4 Å². The van der Waals surface area contributed by atoms with Crippen molar-refractivity contribution in [2.24, 2.45) is 0 Å². The van der Waals surface area contributed by atoms with Crippen molar-refractivity contribution in [3.63, 3.8) is 0 Å². The van der Waals surface area contributed by atoms with Gasteiger partial charge in [0.15, 0.2) is 12.3 Å². The third-order valence-electron chi connectivity index (χ3n) is 2.76. The minimum Gasteiger partial charge on any atom is -0.759 e. The fourth-order valence-electron chi connectivity index (χ4n) is 1.92. The van der Waals surface area contributed by atoms with Gasteiger partial charge in [-0.2, -0.15) is 5.26 Å². The number of fused-ring (bicyclic) bond motifs is 3. The second-order valence-corrected chi connectivity index (χ2v) is 3.77. The Labute approximate surface area is 102 Å². The second-order valence-electron chi connectivity index (χ2n) is 3.77. The van der Waals surface area contributed by atoms with Crippen molar-refractivity contribution in [1.82, 2.24) is 9.90 Å². The highest BCUT2D eigenvalue weighted by atomic mass is 15.5. The molecule has 0 N–H and O–H groups in total. The lowest BCUT2D eigenvalue weighted by molar-refractivity contribution is -0.582. The van der Waals surface area contributed by atoms with E-state index < -0.39 is 0 Å². The van der Waals surface area contributed by atoms with Gasteiger partial charge < -0.3 is 5.41 Å². The summed E-state index contributed by atoms with van der Waals surface area (Å²) in [6, 6.07) is 11.7. The molecule has 0 aliphatic rings. The molecular formula is C13H7N5. The fraction of sp³-hybridized carbons (Fsp3) is 0. The molecule has 2 heterocycles. The van der Waals surface area contributed by atoms with E-state index in [9.17, 15) is 0 Å². The summed E-state index contributed by atoms with van der Waals surface area (Å²) in [5.41, 5.74) is 0.805. The topological polar surface area (TPSA) is 68.0 Å². The normalized spacial score (nSPS) is 10.2. The Morgan fingerprint density at radius 3 is 2.94 bits per heavy atom. The number of pyridine rings is 1. The molecule has 0 bridgehead atoms. The number of hydrogen-bond acceptors (Lipinski definition) is 2. The van der Waals surface area contributed by atoms with Gasteiger partial charge >= 0.3 is 0 Å². The molecule has 5 nitrogen and oxygen atoms in total. The summed E-state index contributed by atoms with van der Waals surface area (Å²) < 4.78 is 2.94. The summed E-state index contributed by atoms with van der Waals surface area (Å²) in [4.78, 5) is 0. The summed E-state index contributed by atoms with van der Waals surface area (Å²) in [6.45, 7) is 0. The van der Waals surface area contributed by atoms with Crippen LogP contribution in [0, 0.1) is 11.3 Å². The van der Waals surface area contributed by atoms with Gasteiger partial charge in [-0.05, 0) is 17.5 Å². The summed E-state index contributed by atoms with van der Waals surface area (Å²) in [5, 5.41) is 24.0. The zero-order valence-corrected chi connectivity index (χ0v) is 9.28. The number of benzene rings is 1. The zero-order valence-electron chi connectivity index (χ0n) is 9.28. The summed E-state index contributed by atoms with van der Waals surface area (Å²) in [7, 11) is 0. The van der Waals surface area contributed by atoms with Crippen molar-refractivity contribution >= 4 is 27.9 Å². The molecule has 2 aromatic heterocycles. The maximum absolute atomic E-state index is 8.84. The molecule has 84 valence electrons. The summed E-state index contributed by atoms with van der Waals surface area (Å²) in [5.74, 6) is 1.82. The van der Waals surface area contributed by atoms with Crippen molar-refractivity contribution < 1.29 is 4.52 Å². The van der Waals surface area contributed by atoms with Gasteiger partial charge in [-0.1, -0.05) is 22.9 Å². The quantitative estimate of drug-likeness (QED) is 0.362. The Kier molecular flexibility index (Phi) is 2.16. The van der Waals surface area contributed by atoms with E-state index in [4.69, 9.17) is 10.7 Å². The lowest BCUT2D eigenvalue weighted by atomic mass is 10.1. The Morgan fingerprint density at radius 1 is 1.33 bits per heavy atom. The van der Waals surface area contributed by atoms with Crippen LogP contribution in [0.15, 0.2) is 42.7 Å². The van der Waals surface area contributed by atoms with Gasteiger partial charge in [-0.3, -0.25) is 0 Å². The van der Waals surface area contributed by atoms with Gasteiger partial charge in [0, 0.05) is 5.39 Å². The summed E-state index contributed by atoms with van der Waals surface area (Å²) >= 11 is 0. The Morgan fingerprint density at radius 2 is 2.17 bits per heavy atom. The molecule has 5 heteroatoms. The lowest BCUT2D eigenvalue weighted by Crippen LogP contribution is -2.24. The molecule has 18 heavy (non-hydrogen) atoms. The first-order valence-electron chi connectivity index (χ1n) is 5.30. The van der Waals surface area contributed by atoms with Crippen LogP contribution < -0.4 is 4.52 Å². The monoisotopic (exact) mass is 233 g/mol. The Hall–Kier alpha value is -2.96. The average molecular weight is 233 g/mol. The molecule has 0 saturated heterocycles. The number of rotatable bonds is 1. The number of nitriles is 1. The molecule has 0 aliphatic carbocycles. The van der Waals surface area contributed by atoms with Crippen LogP contribution in [0.4, 0.5) is 0 Å². The van der Waals surface area contributed by atoms with Crippen LogP contribution in [-0.4, -0.2) is 15.8 Å². The molecule has 3 aromatic rings. The fourth-order valence-corrected chi connectivity index (χ4v) is 1.92. The van der Waals surface area contributed by atoms with Crippen molar-refractivity contribution in [1.29, 1.82) is 5.26 Å². The minimum atomic E-state index is -0.0530. The highest BCUT2D eigenvalue weighted by molar-refractivity contribution is 5.94. The van der Waals surface area contributed by atoms with Crippen LogP contribution in [0.5, 0.6) is 0 Å². The standard InChI is InChI=1S/C13H7N5/c14-7-11(8-15)18-9-13-12-4-2-1-3-10(12)5-6-17(13)16-18/h1-6,9H. The molecule has 0 aliphatic heterocycles. The third kappa shape index (κ3) is 1.38. The van der Waals surface area contributed by atoms with E-state index in [1.54, 1.807) is 16.9 Å². The lowest BCUT2D eigenvalue weighted by Gasteiger charge is -1.93. The highest BCUT2D eigenvalue weighted by Crippen LogP contribution is 2.16. The zero-order chi connectivity index (χ0) is 12.5.